The van der Waals surface area contributed by atoms with Crippen LogP contribution in [0.3, 0.4) is 0 Å². The minimum Gasteiger partial charge on any atom is -0.464 e. The molecule has 0 fully saturated rings. The zero-order valence-electron chi connectivity index (χ0n) is 24.3. The van der Waals surface area contributed by atoms with E-state index in [-0.39, 0.29) is 18.0 Å². The lowest BCUT2D eigenvalue weighted by Crippen LogP contribution is -2.49. The van der Waals surface area contributed by atoms with Crippen LogP contribution in [0.2, 0.25) is 0 Å². The third-order valence-corrected chi connectivity index (χ3v) is 8.75. The topological polar surface area (TPSA) is 171 Å². The molecule has 5 N–H and O–H groups in total. The van der Waals surface area contributed by atoms with E-state index in [2.05, 4.69) is 35.5 Å². The molecule has 0 bridgehead atoms. The molecule has 2 heterocycles. The number of fused-ring (bicyclic) bond motifs is 1. The maximum absolute atomic E-state index is 13.7. The van der Waals surface area contributed by atoms with E-state index in [0.29, 0.717) is 46.5 Å². The number of nitrogens with one attached hydrogen (secondary N) is 5. The predicted molar refractivity (Wildman–Crippen MR) is 167 cm³/mol. The van der Waals surface area contributed by atoms with Gasteiger partial charge in [0.05, 0.1) is 28.8 Å². The second-order valence-corrected chi connectivity index (χ2v) is 11.9. The summed E-state index contributed by atoms with van der Waals surface area (Å²) < 4.78 is 35.4. The number of H-pyrrole nitrogens is 2. The van der Waals surface area contributed by atoms with Crippen LogP contribution in [0.5, 0.6) is 0 Å². The highest BCUT2D eigenvalue weighted by atomic mass is 32.2. The van der Waals surface area contributed by atoms with Crippen LogP contribution in [-0.2, 0) is 19.6 Å². The molecular formula is C31H33N7O5S. The highest BCUT2D eigenvalue weighted by Crippen LogP contribution is 2.28. The van der Waals surface area contributed by atoms with Gasteiger partial charge in [-0.3, -0.25) is 14.7 Å². The summed E-state index contributed by atoms with van der Waals surface area (Å²) in [4.78, 5) is 33.4. The average Bonchev–Trinajstić information content (AvgIpc) is 3.71. The number of sulfonamides is 1. The van der Waals surface area contributed by atoms with Crippen molar-refractivity contribution in [3.05, 3.63) is 95.9 Å². The molecule has 2 aromatic heterocycles. The van der Waals surface area contributed by atoms with Crippen molar-refractivity contribution in [2.75, 3.05) is 25.0 Å². The number of amides is 1. The summed E-state index contributed by atoms with van der Waals surface area (Å²) in [5.41, 5.74) is 3.86. The maximum Gasteiger partial charge on any atom is 0.326 e. The van der Waals surface area contributed by atoms with Gasteiger partial charge in [-0.05, 0) is 54.7 Å². The number of nitrogens with zero attached hydrogens (tertiary/aromatic N) is 2. The number of benzene rings is 3. The molecule has 0 aliphatic carbocycles. The number of carbonyl (C=O) groups is 2. The molecule has 0 aliphatic rings. The van der Waals surface area contributed by atoms with Crippen LogP contribution in [0.4, 0.5) is 5.95 Å². The number of imidazole rings is 1. The standard InChI is InChI=1S/C31H33N7O5S/c1-20-16-23(22-8-4-3-5-9-22)17-21(2)28(20)44(41,42)38-27(30(40)43-15-7-12-32-31-33-13-14-34-31)19-35-29(39)24-10-6-11-26-25(24)18-36-37-26/h3-6,8-11,13-14,16-18,27,38H,7,12,15,19H2,1-2H3,(H,35,39)(H,36,37)(H2,32,33,34). The Morgan fingerprint density at radius 2 is 1.77 bits per heavy atom. The first-order valence-electron chi connectivity index (χ1n) is 14.0. The molecule has 0 radical (unpaired) electrons. The number of aromatic nitrogens is 4. The third-order valence-electron chi connectivity index (χ3n) is 6.97. The van der Waals surface area contributed by atoms with Gasteiger partial charge < -0.3 is 20.4 Å². The molecule has 44 heavy (non-hydrogen) atoms. The van der Waals surface area contributed by atoms with Gasteiger partial charge in [-0.2, -0.15) is 9.82 Å². The van der Waals surface area contributed by atoms with E-state index in [1.54, 1.807) is 56.6 Å². The molecule has 0 saturated heterocycles. The maximum atomic E-state index is 13.7. The quantitative estimate of drug-likeness (QED) is 0.0986. The van der Waals surface area contributed by atoms with E-state index in [1.165, 1.54) is 6.20 Å². The fraction of sp³-hybridized carbons (Fsp3) is 0.226. The summed E-state index contributed by atoms with van der Waals surface area (Å²) in [6.07, 6.45) is 5.26. The van der Waals surface area contributed by atoms with Crippen molar-refractivity contribution in [2.24, 2.45) is 0 Å². The Morgan fingerprint density at radius 1 is 1.00 bits per heavy atom. The lowest BCUT2D eigenvalue weighted by Gasteiger charge is -2.20. The molecule has 5 rings (SSSR count). The van der Waals surface area contributed by atoms with Crippen LogP contribution >= 0.6 is 0 Å². The number of aryl methyl sites for hydroxylation is 2. The fourth-order valence-corrected chi connectivity index (χ4v) is 6.60. The van der Waals surface area contributed by atoms with Crippen molar-refractivity contribution in [3.8, 4) is 11.1 Å². The molecule has 13 heteroatoms. The zero-order chi connectivity index (χ0) is 31.1. The van der Waals surface area contributed by atoms with Crippen molar-refractivity contribution < 1.29 is 22.7 Å². The Balaban J connectivity index is 1.32. The molecule has 5 aromatic rings. The van der Waals surface area contributed by atoms with Gasteiger partial charge >= 0.3 is 5.97 Å². The first-order valence-corrected chi connectivity index (χ1v) is 15.5. The lowest BCUT2D eigenvalue weighted by molar-refractivity contribution is -0.145. The number of ether oxygens (including phenoxy) is 1. The lowest BCUT2D eigenvalue weighted by atomic mass is 10.0. The van der Waals surface area contributed by atoms with E-state index in [9.17, 15) is 18.0 Å². The van der Waals surface area contributed by atoms with Crippen LogP contribution in [0.1, 0.15) is 27.9 Å². The van der Waals surface area contributed by atoms with Crippen LogP contribution in [0, 0.1) is 13.8 Å². The molecule has 1 amide bonds. The summed E-state index contributed by atoms with van der Waals surface area (Å²) in [7, 11) is -4.21. The van der Waals surface area contributed by atoms with E-state index < -0.39 is 27.9 Å². The molecule has 12 nitrogen and oxygen atoms in total. The van der Waals surface area contributed by atoms with E-state index >= 15 is 0 Å². The second kappa shape index (κ2) is 13.5. The van der Waals surface area contributed by atoms with Gasteiger partial charge in [-0.1, -0.05) is 48.5 Å². The Labute approximate surface area is 254 Å². The fourth-order valence-electron chi connectivity index (χ4n) is 4.96. The highest BCUT2D eigenvalue weighted by Gasteiger charge is 2.30. The van der Waals surface area contributed by atoms with Crippen LogP contribution in [0.25, 0.3) is 22.0 Å². The largest absolute Gasteiger partial charge is 0.464 e. The van der Waals surface area contributed by atoms with Gasteiger partial charge in [0.25, 0.3) is 5.91 Å². The number of anilines is 1. The van der Waals surface area contributed by atoms with Crippen molar-refractivity contribution in [1.82, 2.24) is 30.2 Å². The van der Waals surface area contributed by atoms with Gasteiger partial charge in [0.15, 0.2) is 5.95 Å². The van der Waals surface area contributed by atoms with Crippen molar-refractivity contribution in [2.45, 2.75) is 31.2 Å². The number of hydrogen-bond donors (Lipinski definition) is 5. The summed E-state index contributed by atoms with van der Waals surface area (Å²) in [5.74, 6) is -0.720. The zero-order valence-corrected chi connectivity index (χ0v) is 25.1. The minimum absolute atomic E-state index is 0.0247. The Kier molecular flexibility index (Phi) is 9.36. The van der Waals surface area contributed by atoms with Gasteiger partial charge in [-0.25, -0.2) is 13.4 Å². The van der Waals surface area contributed by atoms with Gasteiger partial charge in [0.1, 0.15) is 6.04 Å². The third kappa shape index (κ3) is 7.13. The van der Waals surface area contributed by atoms with Crippen LogP contribution in [0.15, 0.2) is 84.1 Å². The van der Waals surface area contributed by atoms with Gasteiger partial charge in [-0.15, -0.1) is 0 Å². The molecule has 0 saturated carbocycles. The molecule has 3 aromatic carbocycles. The summed E-state index contributed by atoms with van der Waals surface area (Å²) >= 11 is 0. The average molecular weight is 616 g/mol. The Morgan fingerprint density at radius 3 is 2.50 bits per heavy atom. The monoisotopic (exact) mass is 615 g/mol. The molecular weight excluding hydrogens is 582 g/mol. The van der Waals surface area contributed by atoms with Crippen LogP contribution in [-0.4, -0.2) is 66.2 Å². The molecule has 1 unspecified atom stereocenters. The smallest absolute Gasteiger partial charge is 0.326 e. The summed E-state index contributed by atoms with van der Waals surface area (Å²) in [6, 6.07) is 16.9. The first-order chi connectivity index (χ1) is 21.2. The molecule has 1 atom stereocenters. The predicted octanol–water partition coefficient (Wildman–Crippen LogP) is 3.69. The van der Waals surface area contributed by atoms with Crippen LogP contribution < -0.4 is 15.4 Å². The van der Waals surface area contributed by atoms with Crippen molar-refractivity contribution in [1.29, 1.82) is 0 Å². The number of aromatic amines is 2. The number of hydrogen-bond acceptors (Lipinski definition) is 8. The van der Waals surface area contributed by atoms with Crippen molar-refractivity contribution in [3.63, 3.8) is 0 Å². The van der Waals surface area contributed by atoms with E-state index in [4.69, 9.17) is 4.74 Å². The van der Waals surface area contributed by atoms with Crippen molar-refractivity contribution >= 4 is 38.8 Å². The molecule has 228 valence electrons. The van der Waals surface area contributed by atoms with Gasteiger partial charge in [0, 0.05) is 30.9 Å². The number of esters is 1. The SMILES string of the molecule is Cc1cc(-c2ccccc2)cc(C)c1S(=O)(=O)NC(CNC(=O)c1cccc2[nH]ncc12)C(=O)OCCCNc1ncc[nH]1. The minimum atomic E-state index is -4.21. The Bertz CT molecular complexity index is 1830. The summed E-state index contributed by atoms with van der Waals surface area (Å²) in [6.45, 7) is 3.57. The second-order valence-electron chi connectivity index (χ2n) is 10.2. The normalized spacial score (nSPS) is 12.1. The first kappa shape index (κ1) is 30.4. The van der Waals surface area contributed by atoms with E-state index in [1.807, 2.05) is 30.3 Å². The number of carbonyl (C=O) groups excluding carboxylic acids is 2. The molecule has 0 spiro atoms. The van der Waals surface area contributed by atoms with Gasteiger partial charge in [0.2, 0.25) is 10.0 Å². The molecule has 0 aliphatic heterocycles. The number of rotatable bonds is 13. The highest BCUT2D eigenvalue weighted by molar-refractivity contribution is 7.89. The summed E-state index contributed by atoms with van der Waals surface area (Å²) in [5, 5.41) is 13.1. The van der Waals surface area contributed by atoms with E-state index in [0.717, 1.165) is 11.1 Å². The Hall–Kier alpha value is -5.01.